The summed E-state index contributed by atoms with van der Waals surface area (Å²) < 4.78 is 10.7. The molecule has 1 amide bonds. The molecule has 2 rings (SSSR count). The van der Waals surface area contributed by atoms with Crippen LogP contribution in [-0.2, 0) is 6.54 Å². The van der Waals surface area contributed by atoms with Gasteiger partial charge in [0, 0.05) is 5.69 Å². The summed E-state index contributed by atoms with van der Waals surface area (Å²) in [5.41, 5.74) is 6.58. The van der Waals surface area contributed by atoms with E-state index in [9.17, 15) is 4.79 Å². The molecule has 0 spiro atoms. The Labute approximate surface area is 129 Å². The maximum atomic E-state index is 12.0. The van der Waals surface area contributed by atoms with Crippen molar-refractivity contribution >= 4 is 24.0 Å². The average molecular weight is 311 g/mol. The molecule has 2 aromatic rings. The second-order valence-corrected chi connectivity index (χ2v) is 4.65. The predicted octanol–water partition coefficient (Wildman–Crippen LogP) is 3.20. The van der Waals surface area contributed by atoms with E-state index in [4.69, 9.17) is 14.9 Å². The number of hydrogen-bond donors (Lipinski definition) is 2. The Morgan fingerprint density at radius 2 is 2.00 bits per heavy atom. The number of ether oxygens (including phenoxy) is 1. The number of furan rings is 1. The van der Waals surface area contributed by atoms with E-state index in [0.29, 0.717) is 17.0 Å². The van der Waals surface area contributed by atoms with Crippen LogP contribution in [0.25, 0.3) is 0 Å². The molecule has 0 bridgehead atoms. The van der Waals surface area contributed by atoms with E-state index in [1.165, 1.54) is 6.26 Å². The third-order valence-corrected chi connectivity index (χ3v) is 2.60. The predicted molar refractivity (Wildman–Crippen MR) is 84.0 cm³/mol. The van der Waals surface area contributed by atoms with Crippen molar-refractivity contribution in [2.75, 3.05) is 5.32 Å². The fourth-order valence-electron chi connectivity index (χ4n) is 1.70. The number of amides is 1. The van der Waals surface area contributed by atoms with Crippen molar-refractivity contribution < 1.29 is 13.9 Å². The highest BCUT2D eigenvalue weighted by molar-refractivity contribution is 6.04. The molecule has 1 aromatic carbocycles. The Kier molecular flexibility index (Phi) is 6.27. The molecule has 0 aliphatic heterocycles. The van der Waals surface area contributed by atoms with Crippen LogP contribution in [0, 0.1) is 0 Å². The summed E-state index contributed by atoms with van der Waals surface area (Å²) in [6, 6.07) is 8.84. The minimum atomic E-state index is -0.231. The molecule has 6 heteroatoms. The van der Waals surface area contributed by atoms with Gasteiger partial charge in [-0.05, 0) is 44.2 Å². The van der Waals surface area contributed by atoms with E-state index in [1.807, 2.05) is 26.0 Å². The molecule has 0 saturated heterocycles. The van der Waals surface area contributed by atoms with Crippen molar-refractivity contribution in [2.45, 2.75) is 26.5 Å². The van der Waals surface area contributed by atoms with Crippen LogP contribution in [0.5, 0.6) is 5.75 Å². The third-order valence-electron chi connectivity index (χ3n) is 2.60. The molecular weight excluding hydrogens is 292 g/mol. The number of nitrogens with two attached hydrogens (primary N) is 1. The van der Waals surface area contributed by atoms with Crippen molar-refractivity contribution in [3.05, 3.63) is 47.9 Å². The normalized spacial score (nSPS) is 10.1. The van der Waals surface area contributed by atoms with Gasteiger partial charge >= 0.3 is 0 Å². The molecule has 0 radical (unpaired) electrons. The van der Waals surface area contributed by atoms with Gasteiger partial charge in [-0.2, -0.15) is 0 Å². The van der Waals surface area contributed by atoms with Crippen LogP contribution in [0.15, 0.2) is 41.0 Å². The number of hydrogen-bond acceptors (Lipinski definition) is 4. The summed E-state index contributed by atoms with van der Waals surface area (Å²) in [7, 11) is 0. The van der Waals surface area contributed by atoms with Gasteiger partial charge in [-0.1, -0.05) is 0 Å². The van der Waals surface area contributed by atoms with Crippen LogP contribution in [-0.4, -0.2) is 12.0 Å². The van der Waals surface area contributed by atoms with Crippen molar-refractivity contribution in [1.29, 1.82) is 0 Å². The molecule has 0 aliphatic rings. The fraction of sp³-hybridized carbons (Fsp3) is 0.267. The first-order valence-corrected chi connectivity index (χ1v) is 6.44. The molecule has 0 atom stereocenters. The molecular formula is C15H19ClN2O3. The summed E-state index contributed by atoms with van der Waals surface area (Å²) >= 11 is 0. The number of nitrogens with one attached hydrogen (secondary N) is 1. The Bertz CT molecular complexity index is 579. The average Bonchev–Trinajstić information content (AvgIpc) is 2.89. The maximum absolute atomic E-state index is 12.0. The second-order valence-electron chi connectivity index (χ2n) is 4.65. The number of anilines is 1. The van der Waals surface area contributed by atoms with Gasteiger partial charge in [0.15, 0.2) is 0 Å². The van der Waals surface area contributed by atoms with Gasteiger partial charge in [-0.25, -0.2) is 0 Å². The van der Waals surface area contributed by atoms with E-state index >= 15 is 0 Å². The van der Waals surface area contributed by atoms with Crippen LogP contribution in [0.4, 0.5) is 5.69 Å². The van der Waals surface area contributed by atoms with Crippen LogP contribution < -0.4 is 15.8 Å². The fourth-order valence-corrected chi connectivity index (χ4v) is 1.70. The second kappa shape index (κ2) is 7.71. The SMILES string of the molecule is CC(C)Oc1ccc(NC(=O)c2coc(CN)c2)cc1.Cl. The zero-order valence-corrected chi connectivity index (χ0v) is 12.8. The topological polar surface area (TPSA) is 77.5 Å². The number of rotatable bonds is 5. The van der Waals surface area contributed by atoms with Crippen LogP contribution in [0.3, 0.4) is 0 Å². The lowest BCUT2D eigenvalue weighted by Gasteiger charge is -2.10. The van der Waals surface area contributed by atoms with E-state index in [1.54, 1.807) is 18.2 Å². The van der Waals surface area contributed by atoms with Gasteiger partial charge in [0.1, 0.15) is 17.8 Å². The smallest absolute Gasteiger partial charge is 0.258 e. The van der Waals surface area contributed by atoms with Crippen LogP contribution in [0.2, 0.25) is 0 Å². The lowest BCUT2D eigenvalue weighted by molar-refractivity contribution is 0.102. The molecule has 3 N–H and O–H groups in total. The number of carbonyl (C=O) groups is 1. The monoisotopic (exact) mass is 310 g/mol. The minimum Gasteiger partial charge on any atom is -0.491 e. The Balaban J connectivity index is 0.00000220. The first-order chi connectivity index (χ1) is 9.58. The molecule has 1 heterocycles. The van der Waals surface area contributed by atoms with E-state index in [-0.39, 0.29) is 31.0 Å². The zero-order valence-electron chi connectivity index (χ0n) is 12.0. The first-order valence-electron chi connectivity index (χ1n) is 6.44. The van der Waals surface area contributed by atoms with Gasteiger partial charge in [0.2, 0.25) is 0 Å². The molecule has 0 aliphatic carbocycles. The summed E-state index contributed by atoms with van der Waals surface area (Å²) in [5.74, 6) is 1.12. The lowest BCUT2D eigenvalue weighted by Crippen LogP contribution is -2.11. The Morgan fingerprint density at radius 1 is 1.33 bits per heavy atom. The van der Waals surface area contributed by atoms with Crippen molar-refractivity contribution in [3.8, 4) is 5.75 Å². The number of benzene rings is 1. The molecule has 1 aromatic heterocycles. The maximum Gasteiger partial charge on any atom is 0.258 e. The van der Waals surface area contributed by atoms with Crippen LogP contribution in [0.1, 0.15) is 30.0 Å². The minimum absolute atomic E-state index is 0. The molecule has 114 valence electrons. The van der Waals surface area contributed by atoms with Gasteiger partial charge in [-0.15, -0.1) is 12.4 Å². The van der Waals surface area contributed by atoms with Crippen molar-refractivity contribution in [1.82, 2.24) is 0 Å². The molecule has 0 saturated carbocycles. The summed E-state index contributed by atoms with van der Waals surface area (Å²) in [5, 5.41) is 2.78. The van der Waals surface area contributed by atoms with E-state index < -0.39 is 0 Å². The highest BCUT2D eigenvalue weighted by atomic mass is 35.5. The van der Waals surface area contributed by atoms with Crippen LogP contribution >= 0.6 is 12.4 Å². The van der Waals surface area contributed by atoms with Gasteiger partial charge < -0.3 is 20.2 Å². The zero-order chi connectivity index (χ0) is 14.5. The third kappa shape index (κ3) is 4.81. The molecule has 21 heavy (non-hydrogen) atoms. The van der Waals surface area contributed by atoms with Gasteiger partial charge in [0.25, 0.3) is 5.91 Å². The Morgan fingerprint density at radius 3 is 2.52 bits per heavy atom. The quantitative estimate of drug-likeness (QED) is 0.889. The molecule has 0 fully saturated rings. The largest absolute Gasteiger partial charge is 0.491 e. The summed E-state index contributed by atoms with van der Waals surface area (Å²) in [6.45, 7) is 4.20. The van der Waals surface area contributed by atoms with E-state index in [2.05, 4.69) is 5.32 Å². The molecule has 5 nitrogen and oxygen atoms in total. The number of carbonyl (C=O) groups excluding carboxylic acids is 1. The summed E-state index contributed by atoms with van der Waals surface area (Å²) in [4.78, 5) is 12.0. The first kappa shape index (κ1) is 17.1. The Hall–Kier alpha value is -1.98. The molecule has 0 unspecified atom stereocenters. The van der Waals surface area contributed by atoms with Gasteiger partial charge in [-0.3, -0.25) is 4.79 Å². The van der Waals surface area contributed by atoms with Crippen molar-refractivity contribution in [3.63, 3.8) is 0 Å². The highest BCUT2D eigenvalue weighted by Crippen LogP contribution is 2.18. The highest BCUT2D eigenvalue weighted by Gasteiger charge is 2.10. The van der Waals surface area contributed by atoms with E-state index in [0.717, 1.165) is 5.75 Å². The summed E-state index contributed by atoms with van der Waals surface area (Å²) in [6.07, 6.45) is 1.52. The van der Waals surface area contributed by atoms with Gasteiger partial charge in [0.05, 0.1) is 18.2 Å². The van der Waals surface area contributed by atoms with Crippen molar-refractivity contribution in [2.24, 2.45) is 5.73 Å². The standard InChI is InChI=1S/C15H18N2O3.ClH/c1-10(2)20-13-5-3-12(4-6-13)17-15(18)11-7-14(8-16)19-9-11;/h3-7,9-10H,8,16H2,1-2H3,(H,17,18);1H. The number of halogens is 1. The lowest BCUT2D eigenvalue weighted by atomic mass is 10.2.